The highest BCUT2D eigenvalue weighted by molar-refractivity contribution is 5.80. The summed E-state index contributed by atoms with van der Waals surface area (Å²) >= 11 is 0. The maximum Gasteiger partial charge on any atom is 0.206 e. The number of nitrogens with zero attached hydrogens (tertiary/aromatic N) is 1. The van der Waals surface area contributed by atoms with Crippen molar-refractivity contribution in [3.63, 3.8) is 0 Å². The van der Waals surface area contributed by atoms with Crippen molar-refractivity contribution in [1.29, 1.82) is 0 Å². The van der Waals surface area contributed by atoms with Crippen molar-refractivity contribution in [2.75, 3.05) is 6.54 Å². The molecule has 0 saturated heterocycles. The standard InChI is InChI=1S/C8H18N4/c1-3-6-10-7(12-9)11-8(2)4-5-8/h3-6,9H2,1-2H3,(H2,10,11,12). The monoisotopic (exact) mass is 170 g/mol. The van der Waals surface area contributed by atoms with Crippen LogP contribution in [0.25, 0.3) is 0 Å². The number of hydrazine groups is 1. The SMILES string of the molecule is CCCN=C(NN)NC1(C)CC1. The van der Waals surface area contributed by atoms with Gasteiger partial charge in [0.1, 0.15) is 0 Å². The molecule has 1 fully saturated rings. The van der Waals surface area contributed by atoms with Gasteiger partial charge in [0.15, 0.2) is 0 Å². The smallest absolute Gasteiger partial charge is 0.206 e. The molecule has 4 heteroatoms. The second-order valence-corrected chi connectivity index (χ2v) is 3.56. The predicted molar refractivity (Wildman–Crippen MR) is 50.7 cm³/mol. The van der Waals surface area contributed by atoms with Gasteiger partial charge in [-0.15, -0.1) is 0 Å². The highest BCUT2D eigenvalue weighted by Crippen LogP contribution is 2.33. The number of nitrogens with two attached hydrogens (primary N) is 1. The molecule has 0 unspecified atom stereocenters. The van der Waals surface area contributed by atoms with Gasteiger partial charge in [-0.1, -0.05) is 6.92 Å². The van der Waals surface area contributed by atoms with Crippen molar-refractivity contribution < 1.29 is 0 Å². The van der Waals surface area contributed by atoms with E-state index in [2.05, 4.69) is 29.6 Å². The van der Waals surface area contributed by atoms with Gasteiger partial charge in [0.25, 0.3) is 0 Å². The summed E-state index contributed by atoms with van der Waals surface area (Å²) in [7, 11) is 0. The number of aliphatic imine (C=N–C) groups is 1. The van der Waals surface area contributed by atoms with Crippen molar-refractivity contribution in [3.8, 4) is 0 Å². The Labute approximate surface area is 73.6 Å². The maximum atomic E-state index is 5.31. The molecule has 4 N–H and O–H groups in total. The van der Waals surface area contributed by atoms with Crippen LogP contribution in [0, 0.1) is 0 Å². The lowest BCUT2D eigenvalue weighted by Gasteiger charge is -2.14. The van der Waals surface area contributed by atoms with Gasteiger partial charge in [0.05, 0.1) is 0 Å². The molecule has 70 valence electrons. The summed E-state index contributed by atoms with van der Waals surface area (Å²) in [6, 6.07) is 0. The van der Waals surface area contributed by atoms with E-state index >= 15 is 0 Å². The number of guanidine groups is 1. The van der Waals surface area contributed by atoms with Crippen LogP contribution in [0.5, 0.6) is 0 Å². The van der Waals surface area contributed by atoms with Crippen molar-refractivity contribution in [3.05, 3.63) is 0 Å². The van der Waals surface area contributed by atoms with Gasteiger partial charge in [-0.2, -0.15) is 0 Å². The zero-order valence-corrected chi connectivity index (χ0v) is 7.85. The fourth-order valence-electron chi connectivity index (χ4n) is 0.943. The van der Waals surface area contributed by atoms with Crippen molar-refractivity contribution in [2.24, 2.45) is 10.8 Å². The van der Waals surface area contributed by atoms with Crippen LogP contribution in [0.2, 0.25) is 0 Å². The van der Waals surface area contributed by atoms with Crippen LogP contribution < -0.4 is 16.6 Å². The summed E-state index contributed by atoms with van der Waals surface area (Å²) in [6.45, 7) is 5.09. The lowest BCUT2D eigenvalue weighted by Crippen LogP contribution is -2.46. The van der Waals surface area contributed by atoms with Crippen LogP contribution in [0.3, 0.4) is 0 Å². The van der Waals surface area contributed by atoms with Gasteiger partial charge in [0, 0.05) is 12.1 Å². The first-order valence-corrected chi connectivity index (χ1v) is 4.49. The van der Waals surface area contributed by atoms with E-state index in [0.717, 1.165) is 18.9 Å². The Morgan fingerprint density at radius 1 is 1.58 bits per heavy atom. The molecular formula is C8H18N4. The fraction of sp³-hybridized carbons (Fsp3) is 0.875. The van der Waals surface area contributed by atoms with E-state index in [1.807, 2.05) is 0 Å². The third kappa shape index (κ3) is 2.70. The molecule has 0 bridgehead atoms. The second kappa shape index (κ2) is 3.76. The third-order valence-electron chi connectivity index (χ3n) is 2.05. The molecule has 1 rings (SSSR count). The van der Waals surface area contributed by atoms with Crippen molar-refractivity contribution in [1.82, 2.24) is 10.7 Å². The Bertz CT molecular complexity index is 172. The largest absolute Gasteiger partial charge is 0.350 e. The molecule has 4 nitrogen and oxygen atoms in total. The van der Waals surface area contributed by atoms with E-state index in [0.29, 0.717) is 0 Å². The molecule has 1 saturated carbocycles. The summed E-state index contributed by atoms with van der Waals surface area (Å²) in [5.41, 5.74) is 2.82. The van der Waals surface area contributed by atoms with E-state index in [-0.39, 0.29) is 5.54 Å². The summed E-state index contributed by atoms with van der Waals surface area (Å²) < 4.78 is 0. The van der Waals surface area contributed by atoms with Crippen LogP contribution in [0.15, 0.2) is 4.99 Å². The van der Waals surface area contributed by atoms with Gasteiger partial charge in [-0.05, 0) is 26.2 Å². The Morgan fingerprint density at radius 2 is 2.25 bits per heavy atom. The normalized spacial score (nSPS) is 20.4. The van der Waals surface area contributed by atoms with Crippen LogP contribution in [-0.2, 0) is 0 Å². The average molecular weight is 170 g/mol. The molecular weight excluding hydrogens is 152 g/mol. The molecule has 0 aliphatic heterocycles. The maximum absolute atomic E-state index is 5.31. The fourth-order valence-corrected chi connectivity index (χ4v) is 0.943. The summed E-state index contributed by atoms with van der Waals surface area (Å²) in [6.07, 6.45) is 3.46. The van der Waals surface area contributed by atoms with Crippen molar-refractivity contribution >= 4 is 5.96 Å². The Kier molecular flexibility index (Phi) is 2.92. The Balaban J connectivity index is 2.34. The minimum Gasteiger partial charge on any atom is -0.350 e. The van der Waals surface area contributed by atoms with E-state index in [1.165, 1.54) is 12.8 Å². The molecule has 0 aromatic carbocycles. The molecule has 0 aromatic rings. The van der Waals surface area contributed by atoms with E-state index < -0.39 is 0 Å². The van der Waals surface area contributed by atoms with Gasteiger partial charge < -0.3 is 5.32 Å². The Hall–Kier alpha value is -0.770. The average Bonchev–Trinajstić information content (AvgIpc) is 2.77. The first kappa shape index (κ1) is 9.32. The quantitative estimate of drug-likeness (QED) is 0.248. The van der Waals surface area contributed by atoms with Gasteiger partial charge in [-0.25, -0.2) is 5.84 Å². The molecule has 1 aliphatic carbocycles. The van der Waals surface area contributed by atoms with Gasteiger partial charge in [-0.3, -0.25) is 10.4 Å². The number of hydrogen-bond donors (Lipinski definition) is 3. The highest BCUT2D eigenvalue weighted by Gasteiger charge is 2.37. The zero-order valence-electron chi connectivity index (χ0n) is 7.85. The minimum absolute atomic E-state index is 0.249. The summed E-state index contributed by atoms with van der Waals surface area (Å²) in [5, 5.41) is 3.27. The molecule has 0 radical (unpaired) electrons. The van der Waals surface area contributed by atoms with E-state index in [1.54, 1.807) is 0 Å². The number of rotatable bonds is 3. The van der Waals surface area contributed by atoms with Gasteiger partial charge >= 0.3 is 0 Å². The molecule has 12 heavy (non-hydrogen) atoms. The first-order valence-electron chi connectivity index (χ1n) is 4.49. The predicted octanol–water partition coefficient (Wildman–Crippen LogP) is 0.358. The highest BCUT2D eigenvalue weighted by atomic mass is 15.3. The molecule has 0 amide bonds. The Morgan fingerprint density at radius 3 is 2.67 bits per heavy atom. The molecule has 1 aliphatic rings. The zero-order chi connectivity index (χ0) is 9.03. The van der Waals surface area contributed by atoms with E-state index in [4.69, 9.17) is 5.84 Å². The van der Waals surface area contributed by atoms with Crippen LogP contribution >= 0.6 is 0 Å². The lowest BCUT2D eigenvalue weighted by atomic mass is 10.3. The topological polar surface area (TPSA) is 62.4 Å². The van der Waals surface area contributed by atoms with E-state index in [9.17, 15) is 0 Å². The molecule has 0 aromatic heterocycles. The molecule has 0 spiro atoms. The second-order valence-electron chi connectivity index (χ2n) is 3.56. The number of hydrogen-bond acceptors (Lipinski definition) is 2. The minimum atomic E-state index is 0.249. The van der Waals surface area contributed by atoms with Crippen LogP contribution in [-0.4, -0.2) is 18.0 Å². The first-order chi connectivity index (χ1) is 5.70. The van der Waals surface area contributed by atoms with Crippen LogP contribution in [0.4, 0.5) is 0 Å². The molecule has 0 atom stereocenters. The van der Waals surface area contributed by atoms with Crippen LogP contribution in [0.1, 0.15) is 33.1 Å². The summed E-state index contributed by atoms with van der Waals surface area (Å²) in [5.74, 6) is 6.02. The van der Waals surface area contributed by atoms with Gasteiger partial charge in [0.2, 0.25) is 5.96 Å². The lowest BCUT2D eigenvalue weighted by molar-refractivity contribution is 0.643. The summed E-state index contributed by atoms with van der Waals surface area (Å²) in [4.78, 5) is 4.26. The molecule has 0 heterocycles. The number of nitrogens with one attached hydrogen (secondary N) is 2. The third-order valence-corrected chi connectivity index (χ3v) is 2.05. The van der Waals surface area contributed by atoms with Crippen molar-refractivity contribution in [2.45, 2.75) is 38.6 Å².